The summed E-state index contributed by atoms with van der Waals surface area (Å²) in [7, 11) is 0. The van der Waals surface area contributed by atoms with Gasteiger partial charge < -0.3 is 0 Å². The summed E-state index contributed by atoms with van der Waals surface area (Å²) in [5, 5.41) is 10.9. The van der Waals surface area contributed by atoms with Crippen molar-refractivity contribution >= 4 is 11.3 Å². The van der Waals surface area contributed by atoms with Crippen LogP contribution in [0.4, 0.5) is 5.69 Å². The summed E-state index contributed by atoms with van der Waals surface area (Å²) in [6, 6.07) is 1.65. The van der Waals surface area contributed by atoms with Gasteiger partial charge in [0.15, 0.2) is 0 Å². The molecule has 1 heterocycles. The highest BCUT2D eigenvalue weighted by Crippen LogP contribution is 2.29. The average molecular weight is 204 g/mol. The van der Waals surface area contributed by atoms with Crippen molar-refractivity contribution in [3.63, 3.8) is 0 Å². The smallest absolute Gasteiger partial charge is 0.258 e. The molecule has 0 aromatic carbocycles. The van der Waals surface area contributed by atoms with Crippen molar-refractivity contribution < 1.29 is 4.92 Å². The van der Waals surface area contributed by atoms with Crippen molar-refractivity contribution in [1.82, 2.24) is 4.98 Å². The molecule has 2 rings (SSSR count). The van der Waals surface area contributed by atoms with Gasteiger partial charge in [0.05, 0.1) is 4.92 Å². The van der Waals surface area contributed by atoms with Gasteiger partial charge in [-0.15, -0.1) is 0 Å². The van der Waals surface area contributed by atoms with E-state index in [-0.39, 0.29) is 10.6 Å². The van der Waals surface area contributed by atoms with E-state index in [2.05, 4.69) is 11.6 Å². The SMILES string of the molecule is C=C(C)c1nc2c(cc1[N+](=O)[O-])CCC2. The first-order chi connectivity index (χ1) is 7.09. The third-order valence-electron chi connectivity index (χ3n) is 2.63. The number of allylic oxidation sites excluding steroid dienone is 1. The van der Waals surface area contributed by atoms with Gasteiger partial charge in [-0.2, -0.15) is 0 Å². The zero-order valence-corrected chi connectivity index (χ0v) is 8.62. The first-order valence-corrected chi connectivity index (χ1v) is 4.92. The lowest BCUT2D eigenvalue weighted by atomic mass is 10.1. The van der Waals surface area contributed by atoms with Crippen LogP contribution in [0.5, 0.6) is 0 Å². The molecule has 15 heavy (non-hydrogen) atoms. The molecule has 0 spiro atoms. The number of nitrogens with zero attached hydrogens (tertiary/aromatic N) is 2. The van der Waals surface area contributed by atoms with Crippen molar-refractivity contribution in [2.75, 3.05) is 0 Å². The molecule has 0 saturated heterocycles. The molecular formula is C11H12N2O2. The molecule has 0 radical (unpaired) electrons. The van der Waals surface area contributed by atoms with Crippen molar-refractivity contribution in [3.8, 4) is 0 Å². The highest BCUT2D eigenvalue weighted by atomic mass is 16.6. The maximum atomic E-state index is 10.9. The van der Waals surface area contributed by atoms with E-state index in [4.69, 9.17) is 0 Å². The van der Waals surface area contributed by atoms with Crippen LogP contribution in [-0.4, -0.2) is 9.91 Å². The van der Waals surface area contributed by atoms with Gasteiger partial charge >= 0.3 is 0 Å². The molecule has 0 atom stereocenters. The summed E-state index contributed by atoms with van der Waals surface area (Å²) in [5.74, 6) is 0. The predicted molar refractivity (Wildman–Crippen MR) is 57.6 cm³/mol. The number of rotatable bonds is 2. The Labute approximate surface area is 87.8 Å². The summed E-state index contributed by atoms with van der Waals surface area (Å²) in [6.45, 7) is 5.47. The van der Waals surface area contributed by atoms with Gasteiger partial charge in [-0.05, 0) is 37.3 Å². The zero-order valence-electron chi connectivity index (χ0n) is 8.62. The molecule has 1 aromatic rings. The summed E-state index contributed by atoms with van der Waals surface area (Å²) < 4.78 is 0. The lowest BCUT2D eigenvalue weighted by molar-refractivity contribution is -0.385. The van der Waals surface area contributed by atoms with Crippen LogP contribution in [0.25, 0.3) is 5.57 Å². The second-order valence-corrected chi connectivity index (χ2v) is 3.85. The van der Waals surface area contributed by atoms with Crippen LogP contribution in [0.1, 0.15) is 30.3 Å². The van der Waals surface area contributed by atoms with Gasteiger partial charge in [0.25, 0.3) is 5.69 Å². The lowest BCUT2D eigenvalue weighted by Crippen LogP contribution is -2.00. The van der Waals surface area contributed by atoms with Crippen molar-refractivity contribution in [2.45, 2.75) is 26.2 Å². The highest BCUT2D eigenvalue weighted by molar-refractivity contribution is 5.67. The topological polar surface area (TPSA) is 56.0 Å². The Balaban J connectivity index is 2.62. The Morgan fingerprint density at radius 1 is 1.60 bits per heavy atom. The maximum absolute atomic E-state index is 10.9. The van der Waals surface area contributed by atoms with Crippen LogP contribution in [0.3, 0.4) is 0 Å². The third kappa shape index (κ3) is 1.63. The molecule has 1 aliphatic rings. The standard InChI is InChI=1S/C11H12N2O2/c1-7(2)11-10(13(14)15)6-8-4-3-5-9(8)12-11/h6H,1,3-5H2,2H3. The van der Waals surface area contributed by atoms with Crippen LogP contribution in [0, 0.1) is 10.1 Å². The van der Waals surface area contributed by atoms with E-state index in [1.165, 1.54) is 0 Å². The fourth-order valence-electron chi connectivity index (χ4n) is 1.91. The van der Waals surface area contributed by atoms with E-state index < -0.39 is 0 Å². The lowest BCUT2D eigenvalue weighted by Gasteiger charge is -2.04. The summed E-state index contributed by atoms with van der Waals surface area (Å²) in [5.41, 5.74) is 3.19. The van der Waals surface area contributed by atoms with Gasteiger partial charge in [-0.3, -0.25) is 10.1 Å². The minimum absolute atomic E-state index is 0.0863. The third-order valence-corrected chi connectivity index (χ3v) is 2.63. The zero-order chi connectivity index (χ0) is 11.0. The molecule has 1 aliphatic carbocycles. The van der Waals surface area contributed by atoms with E-state index in [0.29, 0.717) is 11.3 Å². The predicted octanol–water partition coefficient (Wildman–Crippen LogP) is 2.51. The van der Waals surface area contributed by atoms with Gasteiger partial charge in [-0.1, -0.05) is 6.58 Å². The minimum Gasteiger partial charge on any atom is -0.258 e. The van der Waals surface area contributed by atoms with Crippen LogP contribution < -0.4 is 0 Å². The molecule has 0 fully saturated rings. The highest BCUT2D eigenvalue weighted by Gasteiger charge is 2.22. The number of aryl methyl sites for hydroxylation is 2. The number of hydrogen-bond donors (Lipinski definition) is 0. The van der Waals surface area contributed by atoms with Crippen molar-refractivity contribution in [2.24, 2.45) is 0 Å². The minimum atomic E-state index is -0.379. The fourth-order valence-corrected chi connectivity index (χ4v) is 1.91. The van der Waals surface area contributed by atoms with Crippen LogP contribution >= 0.6 is 0 Å². The molecule has 0 N–H and O–H groups in total. The largest absolute Gasteiger partial charge is 0.295 e. The molecule has 0 amide bonds. The number of aromatic nitrogens is 1. The molecular weight excluding hydrogens is 192 g/mol. The first-order valence-electron chi connectivity index (χ1n) is 4.92. The Morgan fingerprint density at radius 3 is 2.93 bits per heavy atom. The molecule has 4 heteroatoms. The molecule has 0 saturated carbocycles. The Kier molecular flexibility index (Phi) is 2.26. The van der Waals surface area contributed by atoms with Crippen molar-refractivity contribution in [1.29, 1.82) is 0 Å². The first kappa shape index (κ1) is 9.83. The van der Waals surface area contributed by atoms with E-state index >= 15 is 0 Å². The maximum Gasteiger partial charge on any atom is 0.295 e. The molecule has 0 unspecified atom stereocenters. The average Bonchev–Trinajstić information content (AvgIpc) is 2.61. The summed E-state index contributed by atoms with van der Waals surface area (Å²) in [6.07, 6.45) is 2.87. The van der Waals surface area contributed by atoms with Gasteiger partial charge in [0, 0.05) is 11.8 Å². The monoisotopic (exact) mass is 204 g/mol. The summed E-state index contributed by atoms with van der Waals surface area (Å²) >= 11 is 0. The Hall–Kier alpha value is -1.71. The van der Waals surface area contributed by atoms with E-state index in [1.807, 2.05) is 0 Å². The van der Waals surface area contributed by atoms with Gasteiger partial charge in [0.1, 0.15) is 5.69 Å². The number of nitro groups is 1. The normalized spacial score (nSPS) is 13.7. The Morgan fingerprint density at radius 2 is 2.33 bits per heavy atom. The van der Waals surface area contributed by atoms with E-state index in [0.717, 1.165) is 30.5 Å². The van der Waals surface area contributed by atoms with Crippen LogP contribution in [0.2, 0.25) is 0 Å². The molecule has 0 bridgehead atoms. The molecule has 78 valence electrons. The second-order valence-electron chi connectivity index (χ2n) is 3.85. The second kappa shape index (κ2) is 3.46. The molecule has 1 aromatic heterocycles. The van der Waals surface area contributed by atoms with Gasteiger partial charge in [-0.25, -0.2) is 4.98 Å². The van der Waals surface area contributed by atoms with Crippen LogP contribution in [0.15, 0.2) is 12.6 Å². The molecule has 4 nitrogen and oxygen atoms in total. The van der Waals surface area contributed by atoms with Crippen molar-refractivity contribution in [3.05, 3.63) is 39.7 Å². The quantitative estimate of drug-likeness (QED) is 0.549. The van der Waals surface area contributed by atoms with E-state index in [9.17, 15) is 10.1 Å². The summed E-state index contributed by atoms with van der Waals surface area (Å²) in [4.78, 5) is 14.8. The van der Waals surface area contributed by atoms with E-state index in [1.54, 1.807) is 13.0 Å². The fraction of sp³-hybridized carbons (Fsp3) is 0.364. The Bertz CT molecular complexity index is 411. The number of fused-ring (bicyclic) bond motifs is 1. The number of hydrogen-bond acceptors (Lipinski definition) is 3. The van der Waals surface area contributed by atoms with Gasteiger partial charge in [0.2, 0.25) is 0 Å². The molecule has 0 aliphatic heterocycles. The number of pyridine rings is 1. The van der Waals surface area contributed by atoms with Crippen LogP contribution in [-0.2, 0) is 12.8 Å².